The van der Waals surface area contributed by atoms with Crippen LogP contribution in [-0.4, -0.2) is 32.0 Å². The largest absolute Gasteiger partial charge is 0.459 e. The first-order valence-electron chi connectivity index (χ1n) is 5.61. The van der Waals surface area contributed by atoms with Crippen molar-refractivity contribution in [3.8, 4) is 0 Å². The third-order valence-electron chi connectivity index (χ3n) is 2.89. The number of ether oxygens (including phenoxy) is 1. The number of nitrogens with two attached hydrogens (primary N) is 1. The van der Waals surface area contributed by atoms with E-state index in [2.05, 4.69) is 10.8 Å². The molecule has 0 spiro atoms. The zero-order chi connectivity index (χ0) is 14.6. The van der Waals surface area contributed by atoms with Crippen LogP contribution in [0.1, 0.15) is 27.7 Å². The van der Waals surface area contributed by atoms with Crippen LogP contribution < -0.4 is 5.73 Å². The highest BCUT2D eigenvalue weighted by Crippen LogP contribution is 2.26. The third kappa shape index (κ3) is 3.79. The molecule has 18 heavy (non-hydrogen) atoms. The van der Waals surface area contributed by atoms with Crippen LogP contribution in [-0.2, 0) is 23.8 Å². The van der Waals surface area contributed by atoms with Crippen LogP contribution >= 0.6 is 0 Å². The lowest BCUT2D eigenvalue weighted by Crippen LogP contribution is -2.54. The lowest BCUT2D eigenvalue weighted by atomic mass is 9.98. The van der Waals surface area contributed by atoms with Gasteiger partial charge in [0, 0.05) is 12.0 Å². The van der Waals surface area contributed by atoms with Gasteiger partial charge in [-0.1, -0.05) is 13.5 Å². The van der Waals surface area contributed by atoms with Crippen LogP contribution in [0.2, 0.25) is 0 Å². The van der Waals surface area contributed by atoms with Crippen molar-refractivity contribution in [2.24, 2.45) is 11.7 Å². The van der Waals surface area contributed by atoms with E-state index < -0.39 is 33.0 Å². The molecule has 7 heteroatoms. The molecule has 0 fully saturated rings. The first-order valence-corrected chi connectivity index (χ1v) is 7.01. The SMILES string of the molecule is C=CC(=O)OC(C)C(C)C(C)(N)S(=O)(=O)OCC. The molecular weight excluding hydrogens is 258 g/mol. The maximum atomic E-state index is 11.8. The Bertz CT molecular complexity index is 402. The molecule has 0 bridgehead atoms. The van der Waals surface area contributed by atoms with Gasteiger partial charge in [0.15, 0.2) is 0 Å². The van der Waals surface area contributed by atoms with Crippen molar-refractivity contribution in [3.05, 3.63) is 12.7 Å². The zero-order valence-corrected chi connectivity index (χ0v) is 12.0. The molecule has 0 saturated carbocycles. The molecule has 3 atom stereocenters. The van der Waals surface area contributed by atoms with Gasteiger partial charge in [-0.3, -0.25) is 4.18 Å². The second kappa shape index (κ2) is 6.31. The van der Waals surface area contributed by atoms with E-state index in [-0.39, 0.29) is 6.61 Å². The molecule has 0 radical (unpaired) electrons. The summed E-state index contributed by atoms with van der Waals surface area (Å²) in [7, 11) is -3.94. The van der Waals surface area contributed by atoms with Crippen molar-refractivity contribution in [2.75, 3.05) is 6.61 Å². The van der Waals surface area contributed by atoms with Gasteiger partial charge in [0.2, 0.25) is 0 Å². The molecule has 0 rings (SSSR count). The monoisotopic (exact) mass is 279 g/mol. The van der Waals surface area contributed by atoms with E-state index in [4.69, 9.17) is 10.5 Å². The summed E-state index contributed by atoms with van der Waals surface area (Å²) in [5.74, 6) is -1.27. The Morgan fingerprint density at radius 1 is 1.50 bits per heavy atom. The van der Waals surface area contributed by atoms with Gasteiger partial charge in [0.05, 0.1) is 6.61 Å². The average Bonchev–Trinajstić information content (AvgIpc) is 2.27. The van der Waals surface area contributed by atoms with Gasteiger partial charge < -0.3 is 10.5 Å². The van der Waals surface area contributed by atoms with E-state index in [0.717, 1.165) is 6.08 Å². The molecule has 0 amide bonds. The highest BCUT2D eigenvalue weighted by Gasteiger charge is 2.44. The zero-order valence-electron chi connectivity index (χ0n) is 11.2. The molecule has 3 unspecified atom stereocenters. The summed E-state index contributed by atoms with van der Waals surface area (Å²) in [6.45, 7) is 9.31. The second-order valence-corrected chi connectivity index (χ2v) is 6.20. The number of esters is 1. The van der Waals surface area contributed by atoms with Crippen molar-refractivity contribution in [1.82, 2.24) is 0 Å². The van der Waals surface area contributed by atoms with Gasteiger partial charge in [-0.05, 0) is 20.8 Å². The number of carbonyl (C=O) groups is 1. The molecule has 106 valence electrons. The van der Waals surface area contributed by atoms with Crippen LogP contribution in [0.5, 0.6) is 0 Å². The molecular formula is C11H21NO5S. The number of hydrogen-bond acceptors (Lipinski definition) is 6. The van der Waals surface area contributed by atoms with Crippen LogP contribution in [0.4, 0.5) is 0 Å². The standard InChI is InChI=1S/C11H21NO5S/c1-6-10(13)17-9(4)8(3)11(5,12)18(14,15)16-7-2/h6,8-9H,1,7,12H2,2-5H3. The highest BCUT2D eigenvalue weighted by molar-refractivity contribution is 7.88. The molecule has 2 N–H and O–H groups in total. The van der Waals surface area contributed by atoms with Gasteiger partial charge in [0.1, 0.15) is 11.0 Å². The van der Waals surface area contributed by atoms with E-state index >= 15 is 0 Å². The van der Waals surface area contributed by atoms with E-state index in [1.54, 1.807) is 20.8 Å². The van der Waals surface area contributed by atoms with Gasteiger partial charge in [-0.15, -0.1) is 0 Å². The van der Waals surface area contributed by atoms with Crippen molar-refractivity contribution < 1.29 is 22.1 Å². The van der Waals surface area contributed by atoms with Gasteiger partial charge >= 0.3 is 5.97 Å². The Balaban J connectivity index is 5.00. The predicted molar refractivity (Wildman–Crippen MR) is 68.1 cm³/mol. The van der Waals surface area contributed by atoms with E-state index in [9.17, 15) is 13.2 Å². The Hall–Kier alpha value is -0.920. The second-order valence-electron chi connectivity index (χ2n) is 4.18. The fraction of sp³-hybridized carbons (Fsp3) is 0.727. The highest BCUT2D eigenvalue weighted by atomic mass is 32.2. The van der Waals surface area contributed by atoms with Crippen LogP contribution in [0.15, 0.2) is 12.7 Å². The number of rotatable bonds is 7. The lowest BCUT2D eigenvalue weighted by Gasteiger charge is -2.33. The summed E-state index contributed by atoms with van der Waals surface area (Å²) in [6.07, 6.45) is 0.328. The Labute approximate surface area is 108 Å². The fourth-order valence-corrected chi connectivity index (χ4v) is 2.52. The molecule has 6 nitrogen and oxygen atoms in total. The first kappa shape index (κ1) is 17.1. The van der Waals surface area contributed by atoms with Gasteiger partial charge in [-0.2, -0.15) is 8.42 Å². The van der Waals surface area contributed by atoms with E-state index in [1.807, 2.05) is 0 Å². The maximum absolute atomic E-state index is 11.8. The molecule has 0 aromatic carbocycles. The Kier molecular flexibility index (Phi) is 5.98. The maximum Gasteiger partial charge on any atom is 0.330 e. The minimum Gasteiger partial charge on any atom is -0.459 e. The summed E-state index contributed by atoms with van der Waals surface area (Å²) in [6, 6.07) is 0. The average molecular weight is 279 g/mol. The Morgan fingerprint density at radius 3 is 2.39 bits per heavy atom. The predicted octanol–water partition coefficient (Wildman–Crippen LogP) is 0.781. The van der Waals surface area contributed by atoms with E-state index in [0.29, 0.717) is 0 Å². The Morgan fingerprint density at radius 2 is 2.00 bits per heavy atom. The molecule has 0 aliphatic rings. The van der Waals surface area contributed by atoms with Crippen molar-refractivity contribution >= 4 is 16.1 Å². The molecule has 0 aliphatic carbocycles. The molecule has 0 saturated heterocycles. The summed E-state index contributed by atoms with van der Waals surface area (Å²) in [5, 5.41) is 0. The summed E-state index contributed by atoms with van der Waals surface area (Å²) >= 11 is 0. The van der Waals surface area contributed by atoms with Crippen molar-refractivity contribution in [3.63, 3.8) is 0 Å². The van der Waals surface area contributed by atoms with Crippen molar-refractivity contribution in [1.29, 1.82) is 0 Å². The topological polar surface area (TPSA) is 95.7 Å². The summed E-state index contributed by atoms with van der Waals surface area (Å²) < 4.78 is 33.3. The quantitative estimate of drug-likeness (QED) is 0.420. The van der Waals surface area contributed by atoms with Gasteiger partial charge in [0.25, 0.3) is 10.1 Å². The van der Waals surface area contributed by atoms with Crippen LogP contribution in [0.25, 0.3) is 0 Å². The van der Waals surface area contributed by atoms with E-state index in [1.165, 1.54) is 6.92 Å². The van der Waals surface area contributed by atoms with Crippen LogP contribution in [0.3, 0.4) is 0 Å². The smallest absolute Gasteiger partial charge is 0.330 e. The van der Waals surface area contributed by atoms with Gasteiger partial charge in [-0.25, -0.2) is 4.79 Å². The minimum absolute atomic E-state index is 0.00265. The molecule has 0 aromatic rings. The normalized spacial score (nSPS) is 18.5. The molecule has 0 aromatic heterocycles. The van der Waals surface area contributed by atoms with Crippen molar-refractivity contribution in [2.45, 2.75) is 38.7 Å². The minimum atomic E-state index is -3.94. The fourth-order valence-electron chi connectivity index (χ4n) is 1.31. The van der Waals surface area contributed by atoms with Crippen LogP contribution in [0, 0.1) is 5.92 Å². The number of carbonyl (C=O) groups excluding carboxylic acids is 1. The summed E-state index contributed by atoms with van der Waals surface area (Å²) in [4.78, 5) is 9.42. The first-order chi connectivity index (χ1) is 8.10. The summed E-state index contributed by atoms with van der Waals surface area (Å²) in [5.41, 5.74) is 5.81. The number of hydrogen-bond donors (Lipinski definition) is 1. The molecule has 0 aliphatic heterocycles. The lowest BCUT2D eigenvalue weighted by molar-refractivity contribution is -0.144. The third-order valence-corrected chi connectivity index (χ3v) is 4.88. The molecule has 0 heterocycles.